The minimum atomic E-state index is -3.71. The van der Waals surface area contributed by atoms with Crippen LogP contribution in [0.2, 0.25) is 10.2 Å². The van der Waals surface area contributed by atoms with E-state index in [1.54, 1.807) is 14.0 Å². The molecular formula is C16H18Cl2N4O5S. The number of hydrogen-bond acceptors (Lipinski definition) is 6. The first-order valence-corrected chi connectivity index (χ1v) is 10.0. The molecule has 28 heavy (non-hydrogen) atoms. The van der Waals surface area contributed by atoms with E-state index in [0.29, 0.717) is 5.69 Å². The molecule has 0 unspecified atom stereocenters. The van der Waals surface area contributed by atoms with Gasteiger partial charge in [-0.1, -0.05) is 23.2 Å². The second-order valence-electron chi connectivity index (χ2n) is 5.93. The number of hydrogen-bond donors (Lipinski definition) is 1. The molecule has 0 aliphatic heterocycles. The Morgan fingerprint density at radius 3 is 2.46 bits per heavy atom. The molecule has 0 aliphatic rings. The van der Waals surface area contributed by atoms with E-state index in [1.165, 1.54) is 37.0 Å². The van der Waals surface area contributed by atoms with Crippen molar-refractivity contribution >= 4 is 50.8 Å². The molecule has 0 atom stereocenters. The maximum atomic E-state index is 12.2. The van der Waals surface area contributed by atoms with Crippen molar-refractivity contribution in [2.45, 2.75) is 11.8 Å². The molecule has 9 nitrogen and oxygen atoms in total. The quantitative estimate of drug-likeness (QED) is 0.677. The number of rotatable bonds is 6. The van der Waals surface area contributed by atoms with Crippen LogP contribution in [0, 0.1) is 6.92 Å². The lowest BCUT2D eigenvalue weighted by atomic mass is 10.3. The summed E-state index contributed by atoms with van der Waals surface area (Å²) in [6, 6.07) is 3.89. The Morgan fingerprint density at radius 1 is 1.29 bits per heavy atom. The first-order chi connectivity index (χ1) is 12.9. The van der Waals surface area contributed by atoms with Gasteiger partial charge < -0.3 is 10.1 Å². The number of carbonyl (C=O) groups excluding carboxylic acids is 2. The van der Waals surface area contributed by atoms with Crippen molar-refractivity contribution in [1.82, 2.24) is 14.1 Å². The fourth-order valence-electron chi connectivity index (χ4n) is 2.22. The summed E-state index contributed by atoms with van der Waals surface area (Å²) in [5, 5.41) is 6.63. The van der Waals surface area contributed by atoms with Gasteiger partial charge in [0.15, 0.2) is 6.61 Å². The van der Waals surface area contributed by atoms with E-state index < -0.39 is 28.5 Å². The maximum absolute atomic E-state index is 12.2. The third-order valence-electron chi connectivity index (χ3n) is 3.68. The highest BCUT2D eigenvalue weighted by atomic mass is 35.5. The van der Waals surface area contributed by atoms with Gasteiger partial charge in [0.1, 0.15) is 10.7 Å². The predicted octanol–water partition coefficient (Wildman–Crippen LogP) is 2.08. The molecule has 0 saturated heterocycles. The van der Waals surface area contributed by atoms with Crippen molar-refractivity contribution in [2.75, 3.05) is 26.0 Å². The first kappa shape index (κ1) is 22.2. The van der Waals surface area contributed by atoms with E-state index in [-0.39, 0.29) is 26.3 Å². The number of ether oxygens (including phenoxy) is 1. The molecule has 152 valence electrons. The van der Waals surface area contributed by atoms with Crippen LogP contribution in [0.15, 0.2) is 23.1 Å². The van der Waals surface area contributed by atoms with Gasteiger partial charge in [0.2, 0.25) is 10.0 Å². The van der Waals surface area contributed by atoms with Crippen molar-refractivity contribution in [1.29, 1.82) is 0 Å². The smallest absolute Gasteiger partial charge is 0.343 e. The van der Waals surface area contributed by atoms with Gasteiger partial charge in [0, 0.05) is 21.1 Å². The molecular weight excluding hydrogens is 431 g/mol. The first-order valence-electron chi connectivity index (χ1n) is 7.83. The zero-order chi connectivity index (χ0) is 21.2. The normalized spacial score (nSPS) is 11.5. The lowest BCUT2D eigenvalue weighted by Gasteiger charge is -2.14. The third-order valence-corrected chi connectivity index (χ3v) is 6.26. The summed E-state index contributed by atoms with van der Waals surface area (Å²) in [7, 11) is 0.623. The average molecular weight is 449 g/mol. The summed E-state index contributed by atoms with van der Waals surface area (Å²) in [6.07, 6.45) is 0. The Morgan fingerprint density at radius 2 is 1.93 bits per heavy atom. The topological polar surface area (TPSA) is 111 Å². The predicted molar refractivity (Wildman–Crippen MR) is 104 cm³/mol. The number of halogens is 2. The van der Waals surface area contributed by atoms with E-state index >= 15 is 0 Å². The molecule has 2 rings (SSSR count). The Hall–Kier alpha value is -2.14. The highest BCUT2D eigenvalue weighted by Crippen LogP contribution is 2.26. The lowest BCUT2D eigenvalue weighted by Crippen LogP contribution is -2.23. The van der Waals surface area contributed by atoms with Crippen LogP contribution in [-0.4, -0.2) is 55.1 Å². The van der Waals surface area contributed by atoms with Crippen LogP contribution in [0.3, 0.4) is 0 Å². The highest BCUT2D eigenvalue weighted by Gasteiger charge is 2.22. The molecule has 0 radical (unpaired) electrons. The van der Waals surface area contributed by atoms with Gasteiger partial charge in [-0.05, 0) is 25.1 Å². The zero-order valence-electron chi connectivity index (χ0n) is 15.5. The van der Waals surface area contributed by atoms with Crippen molar-refractivity contribution in [3.63, 3.8) is 0 Å². The molecule has 0 bridgehead atoms. The van der Waals surface area contributed by atoms with Crippen LogP contribution in [-0.2, 0) is 26.6 Å². The maximum Gasteiger partial charge on any atom is 0.343 e. The van der Waals surface area contributed by atoms with E-state index in [9.17, 15) is 18.0 Å². The summed E-state index contributed by atoms with van der Waals surface area (Å²) < 4.78 is 31.7. The summed E-state index contributed by atoms with van der Waals surface area (Å²) >= 11 is 12.0. The Balaban J connectivity index is 2.10. The SMILES string of the molecule is Cc1nn(C)c(Cl)c1C(=O)OCC(=O)Nc1cc(S(=O)(=O)N(C)C)ccc1Cl. The summed E-state index contributed by atoms with van der Waals surface area (Å²) in [6.45, 7) is 0.962. The molecule has 0 saturated carbocycles. The monoisotopic (exact) mass is 448 g/mol. The van der Waals surface area contributed by atoms with E-state index in [1.807, 2.05) is 0 Å². The van der Waals surface area contributed by atoms with Gasteiger partial charge in [0.25, 0.3) is 5.91 Å². The van der Waals surface area contributed by atoms with Gasteiger partial charge in [-0.2, -0.15) is 5.10 Å². The van der Waals surface area contributed by atoms with Crippen LogP contribution in [0.1, 0.15) is 16.1 Å². The molecule has 0 fully saturated rings. The number of carbonyl (C=O) groups is 2. The number of aromatic nitrogens is 2. The number of aryl methyl sites for hydroxylation is 2. The van der Waals surface area contributed by atoms with Crippen molar-refractivity contribution in [3.8, 4) is 0 Å². The van der Waals surface area contributed by atoms with E-state index in [4.69, 9.17) is 27.9 Å². The number of nitrogens with zero attached hydrogens (tertiary/aromatic N) is 3. The van der Waals surface area contributed by atoms with E-state index in [2.05, 4.69) is 10.4 Å². The number of benzene rings is 1. The number of sulfonamides is 1. The van der Waals surface area contributed by atoms with Crippen LogP contribution in [0.5, 0.6) is 0 Å². The number of anilines is 1. The van der Waals surface area contributed by atoms with Crippen molar-refractivity contribution in [2.24, 2.45) is 7.05 Å². The van der Waals surface area contributed by atoms with Crippen LogP contribution in [0.4, 0.5) is 5.69 Å². The molecule has 2 aromatic rings. The van der Waals surface area contributed by atoms with Gasteiger partial charge in [-0.3, -0.25) is 9.48 Å². The third kappa shape index (κ3) is 4.64. The molecule has 1 amide bonds. The molecule has 1 N–H and O–H groups in total. The van der Waals surface area contributed by atoms with Crippen LogP contribution < -0.4 is 5.32 Å². The summed E-state index contributed by atoms with van der Waals surface area (Å²) in [5.41, 5.74) is 0.498. The lowest BCUT2D eigenvalue weighted by molar-refractivity contribution is -0.119. The summed E-state index contributed by atoms with van der Waals surface area (Å²) in [5.74, 6) is -1.51. The van der Waals surface area contributed by atoms with Crippen molar-refractivity contribution < 1.29 is 22.7 Å². The second kappa shape index (κ2) is 8.48. The van der Waals surface area contributed by atoms with Gasteiger partial charge in [-0.15, -0.1) is 0 Å². The Kier molecular flexibility index (Phi) is 6.71. The highest BCUT2D eigenvalue weighted by molar-refractivity contribution is 7.89. The Bertz CT molecular complexity index is 1030. The largest absolute Gasteiger partial charge is 0.452 e. The average Bonchev–Trinajstić information content (AvgIpc) is 2.86. The fourth-order valence-corrected chi connectivity index (χ4v) is 3.57. The van der Waals surface area contributed by atoms with Gasteiger partial charge >= 0.3 is 5.97 Å². The fraction of sp³-hybridized carbons (Fsp3) is 0.312. The number of amides is 1. The summed E-state index contributed by atoms with van der Waals surface area (Å²) in [4.78, 5) is 24.2. The minimum absolute atomic E-state index is 0.0491. The molecule has 1 heterocycles. The molecule has 12 heteroatoms. The van der Waals surface area contributed by atoms with Gasteiger partial charge in [-0.25, -0.2) is 17.5 Å². The number of nitrogens with one attached hydrogen (secondary N) is 1. The standard InChI is InChI=1S/C16H18Cl2N4O5S/c1-9-14(15(18)22(4)20-9)16(24)27-8-13(23)19-12-7-10(5-6-11(12)17)28(25,26)21(2)3/h5-7H,8H2,1-4H3,(H,19,23). The van der Waals surface area contributed by atoms with Crippen LogP contribution >= 0.6 is 23.2 Å². The molecule has 0 aliphatic carbocycles. The minimum Gasteiger partial charge on any atom is -0.452 e. The van der Waals surface area contributed by atoms with Crippen molar-refractivity contribution in [3.05, 3.63) is 39.6 Å². The molecule has 1 aromatic heterocycles. The van der Waals surface area contributed by atoms with Crippen LogP contribution in [0.25, 0.3) is 0 Å². The molecule has 1 aromatic carbocycles. The Labute approximate surface area is 172 Å². The zero-order valence-corrected chi connectivity index (χ0v) is 17.8. The van der Waals surface area contributed by atoms with E-state index in [0.717, 1.165) is 4.31 Å². The molecule has 0 spiro atoms. The number of esters is 1. The van der Waals surface area contributed by atoms with Gasteiger partial charge in [0.05, 0.1) is 21.3 Å². The second-order valence-corrected chi connectivity index (χ2v) is 8.85.